The second-order valence-electron chi connectivity index (χ2n) is 5.53. The highest BCUT2D eigenvalue weighted by molar-refractivity contribution is 7.19. The number of ether oxygens (including phenoxy) is 2. The van der Waals surface area contributed by atoms with Crippen molar-refractivity contribution in [3.63, 3.8) is 0 Å². The summed E-state index contributed by atoms with van der Waals surface area (Å²) in [6, 6.07) is 0. The lowest BCUT2D eigenvalue weighted by Gasteiger charge is -2.15. The lowest BCUT2D eigenvalue weighted by Crippen LogP contribution is -2.14. The molecule has 0 radical (unpaired) electrons. The summed E-state index contributed by atoms with van der Waals surface area (Å²) in [5.41, 5.74) is 6.79. The van der Waals surface area contributed by atoms with Crippen LogP contribution in [0.1, 0.15) is 49.2 Å². The molecular weight excluding hydrogens is 288 g/mol. The predicted molar refractivity (Wildman–Crippen MR) is 86.3 cm³/mol. The van der Waals surface area contributed by atoms with Crippen molar-refractivity contribution in [2.75, 3.05) is 31.3 Å². The first kappa shape index (κ1) is 15.9. The van der Waals surface area contributed by atoms with Gasteiger partial charge in [-0.3, -0.25) is 0 Å². The van der Waals surface area contributed by atoms with Crippen LogP contribution in [0.4, 0.5) is 10.7 Å². The number of thiophene rings is 1. The van der Waals surface area contributed by atoms with Crippen molar-refractivity contribution in [3.8, 4) is 5.75 Å². The van der Waals surface area contributed by atoms with E-state index in [1.807, 2.05) is 0 Å². The summed E-state index contributed by atoms with van der Waals surface area (Å²) in [6.45, 7) is 5.22. The van der Waals surface area contributed by atoms with Crippen LogP contribution in [-0.2, 0) is 4.74 Å². The molecule has 1 aliphatic rings. The van der Waals surface area contributed by atoms with Crippen LogP contribution in [0.5, 0.6) is 5.75 Å². The van der Waals surface area contributed by atoms with E-state index in [1.165, 1.54) is 37.0 Å². The van der Waals surface area contributed by atoms with Crippen LogP contribution in [-0.4, -0.2) is 26.2 Å². The fourth-order valence-corrected chi connectivity index (χ4v) is 3.57. The highest BCUT2D eigenvalue weighted by Gasteiger charge is 2.41. The maximum atomic E-state index is 11.9. The largest absolute Gasteiger partial charge is 0.492 e. The zero-order valence-electron chi connectivity index (χ0n) is 13.0. The van der Waals surface area contributed by atoms with E-state index in [0.29, 0.717) is 28.3 Å². The number of anilines is 2. The normalized spacial score (nSPS) is 15.6. The number of nitrogens with two attached hydrogens (primary N) is 1. The van der Waals surface area contributed by atoms with Gasteiger partial charge in [-0.2, -0.15) is 0 Å². The van der Waals surface area contributed by atoms with E-state index in [1.54, 1.807) is 14.0 Å². The maximum absolute atomic E-state index is 11.9. The minimum absolute atomic E-state index is 0.334. The molecule has 1 aromatic rings. The highest BCUT2D eigenvalue weighted by Crippen LogP contribution is 2.51. The van der Waals surface area contributed by atoms with E-state index in [2.05, 4.69) is 12.2 Å². The summed E-state index contributed by atoms with van der Waals surface area (Å²) in [5.74, 6) is 0.163. The van der Waals surface area contributed by atoms with Gasteiger partial charge in [0.1, 0.15) is 15.6 Å². The molecule has 2 rings (SSSR count). The van der Waals surface area contributed by atoms with Crippen molar-refractivity contribution >= 4 is 28.0 Å². The van der Waals surface area contributed by atoms with Gasteiger partial charge in [-0.25, -0.2) is 4.79 Å². The molecule has 6 heteroatoms. The summed E-state index contributed by atoms with van der Waals surface area (Å²) in [5, 5.41) is 4.24. The Morgan fingerprint density at radius 2 is 2.14 bits per heavy atom. The number of hydrogen-bond donors (Lipinski definition) is 2. The second kappa shape index (κ2) is 6.56. The molecule has 1 aliphatic carbocycles. The Hall–Kier alpha value is -1.43. The SMILES string of the molecule is CCCC1(CNc2sc(C(=O)OCC)c(N)c2OC)CC1. The van der Waals surface area contributed by atoms with Gasteiger partial charge >= 0.3 is 5.97 Å². The van der Waals surface area contributed by atoms with Crippen LogP contribution >= 0.6 is 11.3 Å². The van der Waals surface area contributed by atoms with Gasteiger partial charge in [0.25, 0.3) is 0 Å². The summed E-state index contributed by atoms with van der Waals surface area (Å²) in [7, 11) is 1.57. The van der Waals surface area contributed by atoms with Crippen LogP contribution in [0.15, 0.2) is 0 Å². The average Bonchev–Trinajstić information content (AvgIpc) is 3.14. The minimum atomic E-state index is -0.388. The molecule has 118 valence electrons. The van der Waals surface area contributed by atoms with Gasteiger partial charge in [0.2, 0.25) is 0 Å². The molecule has 1 aromatic heterocycles. The number of rotatable bonds is 8. The van der Waals surface area contributed by atoms with Crippen LogP contribution in [0.2, 0.25) is 0 Å². The Bertz CT molecular complexity index is 509. The van der Waals surface area contributed by atoms with Gasteiger partial charge in [0.05, 0.1) is 13.7 Å². The van der Waals surface area contributed by atoms with Crippen molar-refractivity contribution in [1.82, 2.24) is 0 Å². The monoisotopic (exact) mass is 312 g/mol. The van der Waals surface area contributed by atoms with Crippen molar-refractivity contribution in [3.05, 3.63) is 4.88 Å². The van der Waals surface area contributed by atoms with Gasteiger partial charge in [-0.05, 0) is 31.6 Å². The first-order valence-electron chi connectivity index (χ1n) is 7.44. The maximum Gasteiger partial charge on any atom is 0.350 e. The van der Waals surface area contributed by atoms with E-state index < -0.39 is 0 Å². The van der Waals surface area contributed by atoms with Crippen molar-refractivity contribution in [2.45, 2.75) is 39.5 Å². The fourth-order valence-electron chi connectivity index (χ4n) is 2.59. The molecule has 0 atom stereocenters. The molecule has 3 N–H and O–H groups in total. The van der Waals surface area contributed by atoms with E-state index in [9.17, 15) is 4.79 Å². The first-order chi connectivity index (χ1) is 10.1. The third kappa shape index (κ3) is 3.43. The van der Waals surface area contributed by atoms with Crippen molar-refractivity contribution in [1.29, 1.82) is 0 Å². The Morgan fingerprint density at radius 1 is 1.43 bits per heavy atom. The molecule has 1 heterocycles. The van der Waals surface area contributed by atoms with Gasteiger partial charge in [-0.15, -0.1) is 11.3 Å². The second-order valence-corrected chi connectivity index (χ2v) is 6.55. The smallest absolute Gasteiger partial charge is 0.350 e. The minimum Gasteiger partial charge on any atom is -0.492 e. The number of carbonyl (C=O) groups is 1. The third-order valence-electron chi connectivity index (χ3n) is 3.93. The van der Waals surface area contributed by atoms with Crippen LogP contribution < -0.4 is 15.8 Å². The number of carbonyl (C=O) groups excluding carboxylic acids is 1. The summed E-state index contributed by atoms with van der Waals surface area (Å²) >= 11 is 1.31. The van der Waals surface area contributed by atoms with E-state index in [0.717, 1.165) is 11.5 Å². The number of nitrogens with one attached hydrogen (secondary N) is 1. The van der Waals surface area contributed by atoms with Crippen LogP contribution in [0, 0.1) is 5.41 Å². The number of esters is 1. The Morgan fingerprint density at radius 3 is 2.67 bits per heavy atom. The first-order valence-corrected chi connectivity index (χ1v) is 8.25. The van der Waals surface area contributed by atoms with Crippen LogP contribution in [0.25, 0.3) is 0 Å². The highest BCUT2D eigenvalue weighted by atomic mass is 32.1. The molecule has 0 aromatic carbocycles. The van der Waals surface area contributed by atoms with Crippen LogP contribution in [0.3, 0.4) is 0 Å². The zero-order chi connectivity index (χ0) is 15.5. The molecule has 0 aliphatic heterocycles. The standard InChI is InChI=1S/C15H24N2O3S/c1-4-6-15(7-8-15)9-17-13-11(19-3)10(16)12(21-13)14(18)20-5-2/h17H,4-9,16H2,1-3H3. The van der Waals surface area contributed by atoms with Crippen molar-refractivity contribution in [2.24, 2.45) is 5.41 Å². The van der Waals surface area contributed by atoms with E-state index in [4.69, 9.17) is 15.2 Å². The van der Waals surface area contributed by atoms with Gasteiger partial charge in [-0.1, -0.05) is 13.3 Å². The Kier molecular flexibility index (Phi) is 4.98. The van der Waals surface area contributed by atoms with Crippen molar-refractivity contribution < 1.29 is 14.3 Å². The molecule has 0 amide bonds. The molecule has 0 unspecified atom stereocenters. The summed E-state index contributed by atoms with van der Waals surface area (Å²) in [4.78, 5) is 12.3. The molecular formula is C15H24N2O3S. The number of hydrogen-bond acceptors (Lipinski definition) is 6. The summed E-state index contributed by atoms with van der Waals surface area (Å²) < 4.78 is 10.4. The lowest BCUT2D eigenvalue weighted by molar-refractivity contribution is 0.0533. The molecule has 5 nitrogen and oxygen atoms in total. The third-order valence-corrected chi connectivity index (χ3v) is 5.05. The predicted octanol–water partition coefficient (Wildman–Crippen LogP) is 3.51. The molecule has 21 heavy (non-hydrogen) atoms. The average molecular weight is 312 g/mol. The molecule has 0 saturated heterocycles. The molecule has 1 saturated carbocycles. The quantitative estimate of drug-likeness (QED) is 0.719. The molecule has 0 spiro atoms. The lowest BCUT2D eigenvalue weighted by atomic mass is 10.0. The Labute approximate surface area is 129 Å². The fraction of sp³-hybridized carbons (Fsp3) is 0.667. The van der Waals surface area contributed by atoms with Gasteiger partial charge in [0.15, 0.2) is 5.75 Å². The van der Waals surface area contributed by atoms with E-state index >= 15 is 0 Å². The molecule has 0 bridgehead atoms. The number of nitrogen functional groups attached to an aromatic ring is 1. The topological polar surface area (TPSA) is 73.6 Å². The molecule has 1 fully saturated rings. The van der Waals surface area contributed by atoms with E-state index in [-0.39, 0.29) is 5.97 Å². The number of methoxy groups -OCH3 is 1. The summed E-state index contributed by atoms with van der Waals surface area (Å²) in [6.07, 6.45) is 4.96. The Balaban J connectivity index is 2.12. The zero-order valence-corrected chi connectivity index (χ0v) is 13.8. The van der Waals surface area contributed by atoms with Gasteiger partial charge in [0, 0.05) is 6.54 Å². The van der Waals surface area contributed by atoms with Gasteiger partial charge < -0.3 is 20.5 Å².